The van der Waals surface area contributed by atoms with E-state index in [0.717, 1.165) is 0 Å². The van der Waals surface area contributed by atoms with Crippen LogP contribution in [0, 0.1) is 0 Å². The Labute approximate surface area is 103 Å². The minimum atomic E-state index is -0.432. The number of quaternary nitrogens is 1. The molecule has 0 saturated heterocycles. The molecule has 5 nitrogen and oxygen atoms in total. The van der Waals surface area contributed by atoms with E-state index in [9.17, 15) is 9.59 Å². The predicted octanol–water partition coefficient (Wildman–Crippen LogP) is 0.966. The Hall–Kier alpha value is -1.10. The molecule has 1 unspecified atom stereocenters. The van der Waals surface area contributed by atoms with Gasteiger partial charge in [-0.25, -0.2) is 0 Å². The minimum absolute atomic E-state index is 0.104. The van der Waals surface area contributed by atoms with E-state index in [1.165, 1.54) is 6.92 Å². The lowest BCUT2D eigenvalue weighted by Gasteiger charge is -2.28. The second-order valence-corrected chi connectivity index (χ2v) is 5.45. The van der Waals surface area contributed by atoms with Gasteiger partial charge in [-0.05, 0) is 13.8 Å². The van der Waals surface area contributed by atoms with E-state index in [0.29, 0.717) is 11.0 Å². The van der Waals surface area contributed by atoms with Crippen molar-refractivity contribution in [2.75, 3.05) is 27.7 Å². The van der Waals surface area contributed by atoms with E-state index >= 15 is 0 Å². The summed E-state index contributed by atoms with van der Waals surface area (Å²) in [5.74, 6) is -0.708. The minimum Gasteiger partial charge on any atom is -0.463 e. The predicted molar refractivity (Wildman–Crippen MR) is 64.3 cm³/mol. The Bertz CT molecular complexity index is 268. The third kappa shape index (κ3) is 9.81. The van der Waals surface area contributed by atoms with E-state index in [2.05, 4.69) is 0 Å². The highest BCUT2D eigenvalue weighted by Crippen LogP contribution is 2.07. The van der Waals surface area contributed by atoms with Gasteiger partial charge in [0.2, 0.25) is 0 Å². The Morgan fingerprint density at radius 1 is 1.12 bits per heavy atom. The number of esters is 2. The summed E-state index contributed by atoms with van der Waals surface area (Å²) in [6.07, 6.45) is -0.476. The van der Waals surface area contributed by atoms with Gasteiger partial charge in [-0.15, -0.1) is 0 Å². The van der Waals surface area contributed by atoms with Crippen LogP contribution in [0.25, 0.3) is 0 Å². The fourth-order valence-electron chi connectivity index (χ4n) is 1.49. The van der Waals surface area contributed by atoms with Gasteiger partial charge in [0.1, 0.15) is 6.54 Å². The average molecular weight is 246 g/mol. The molecule has 0 heterocycles. The number of nitrogens with zero attached hydrogens (tertiary/aromatic N) is 1. The molecule has 0 fully saturated rings. The first-order valence-electron chi connectivity index (χ1n) is 5.77. The molecule has 0 saturated carbocycles. The van der Waals surface area contributed by atoms with Crippen LogP contribution in [0.5, 0.6) is 0 Å². The maximum absolute atomic E-state index is 11.5. The van der Waals surface area contributed by atoms with Gasteiger partial charge in [0, 0.05) is 6.92 Å². The number of carbonyl (C=O) groups is 2. The fraction of sp³-hybridized carbons (Fsp3) is 0.833. The van der Waals surface area contributed by atoms with E-state index in [4.69, 9.17) is 9.47 Å². The van der Waals surface area contributed by atoms with Crippen molar-refractivity contribution >= 4 is 11.9 Å². The van der Waals surface area contributed by atoms with Gasteiger partial charge in [-0.1, -0.05) is 0 Å². The van der Waals surface area contributed by atoms with Crippen LogP contribution in [-0.2, 0) is 19.1 Å². The Balaban J connectivity index is 4.38. The van der Waals surface area contributed by atoms with Crippen molar-refractivity contribution in [3.8, 4) is 0 Å². The molecule has 0 rings (SSSR count). The van der Waals surface area contributed by atoms with Crippen molar-refractivity contribution in [3.05, 3.63) is 0 Å². The van der Waals surface area contributed by atoms with Gasteiger partial charge in [0.15, 0.2) is 6.10 Å². The summed E-state index contributed by atoms with van der Waals surface area (Å²) in [4.78, 5) is 22.5. The van der Waals surface area contributed by atoms with E-state index in [1.54, 1.807) is 13.8 Å². The quantitative estimate of drug-likeness (QED) is 0.517. The number of hydrogen-bond donors (Lipinski definition) is 0. The molecule has 0 aromatic heterocycles. The van der Waals surface area contributed by atoms with Crippen LogP contribution in [0.4, 0.5) is 0 Å². The second kappa shape index (κ2) is 6.59. The monoisotopic (exact) mass is 246 g/mol. The van der Waals surface area contributed by atoms with Gasteiger partial charge in [0.25, 0.3) is 0 Å². The van der Waals surface area contributed by atoms with Crippen molar-refractivity contribution in [1.82, 2.24) is 0 Å². The highest BCUT2D eigenvalue weighted by molar-refractivity contribution is 5.71. The largest absolute Gasteiger partial charge is 0.463 e. The zero-order valence-corrected chi connectivity index (χ0v) is 11.6. The van der Waals surface area contributed by atoms with Gasteiger partial charge in [0.05, 0.1) is 33.7 Å². The first-order chi connectivity index (χ1) is 7.60. The number of carbonyl (C=O) groups excluding carboxylic acids is 2. The lowest BCUT2D eigenvalue weighted by Crippen LogP contribution is -2.43. The second-order valence-electron chi connectivity index (χ2n) is 5.45. The number of rotatable bonds is 6. The molecular weight excluding hydrogens is 222 g/mol. The summed E-state index contributed by atoms with van der Waals surface area (Å²) in [5, 5.41) is 0. The molecule has 0 amide bonds. The molecule has 0 aromatic rings. The van der Waals surface area contributed by atoms with Crippen LogP contribution >= 0.6 is 0 Å². The lowest BCUT2D eigenvalue weighted by molar-refractivity contribution is -0.873. The zero-order chi connectivity index (χ0) is 13.6. The first-order valence-corrected chi connectivity index (χ1v) is 5.77. The van der Waals surface area contributed by atoms with Crippen LogP contribution < -0.4 is 0 Å². The van der Waals surface area contributed by atoms with Crippen LogP contribution in [0.3, 0.4) is 0 Å². The standard InChI is InChI=1S/C12H24NO4/c1-9(2)16-12(15)7-11(17-10(3)14)8-13(4,5)6/h9,11H,7-8H2,1-6H3/q+1. The molecule has 1 atom stereocenters. The molecule has 0 aliphatic carbocycles. The maximum Gasteiger partial charge on any atom is 0.310 e. The molecular formula is C12H24NO4+. The molecule has 0 aromatic carbocycles. The third-order valence-electron chi connectivity index (χ3n) is 1.85. The van der Waals surface area contributed by atoms with Crippen LogP contribution in [0.1, 0.15) is 27.2 Å². The van der Waals surface area contributed by atoms with E-state index in [1.807, 2.05) is 21.1 Å². The highest BCUT2D eigenvalue weighted by Gasteiger charge is 2.24. The summed E-state index contributed by atoms with van der Waals surface area (Å²) >= 11 is 0. The summed E-state index contributed by atoms with van der Waals surface area (Å²) in [6, 6.07) is 0. The smallest absolute Gasteiger partial charge is 0.310 e. The molecule has 0 aliphatic rings. The Morgan fingerprint density at radius 3 is 2.00 bits per heavy atom. The SMILES string of the molecule is CC(=O)OC(CC(=O)OC(C)C)C[N+](C)(C)C. The van der Waals surface area contributed by atoms with Gasteiger partial charge in [-0.3, -0.25) is 9.59 Å². The summed E-state index contributed by atoms with van der Waals surface area (Å²) in [7, 11) is 5.93. The van der Waals surface area contributed by atoms with Crippen LogP contribution in [0.15, 0.2) is 0 Å². The molecule has 0 N–H and O–H groups in total. The molecule has 5 heteroatoms. The van der Waals surface area contributed by atoms with Crippen molar-refractivity contribution in [3.63, 3.8) is 0 Å². The normalized spacial score (nSPS) is 13.4. The summed E-state index contributed by atoms with van der Waals surface area (Å²) < 4.78 is 10.8. The van der Waals surface area contributed by atoms with E-state index < -0.39 is 6.10 Å². The van der Waals surface area contributed by atoms with E-state index in [-0.39, 0.29) is 24.5 Å². The van der Waals surface area contributed by atoms with Crippen LogP contribution in [-0.4, -0.2) is 56.3 Å². The molecule has 0 bridgehead atoms. The van der Waals surface area contributed by atoms with Crippen molar-refractivity contribution < 1.29 is 23.5 Å². The topological polar surface area (TPSA) is 52.6 Å². The number of ether oxygens (including phenoxy) is 2. The lowest BCUT2D eigenvalue weighted by atomic mass is 10.2. The van der Waals surface area contributed by atoms with Gasteiger partial charge in [-0.2, -0.15) is 0 Å². The number of likely N-dealkylation sites (N-methyl/N-ethyl adjacent to an activating group) is 1. The van der Waals surface area contributed by atoms with Gasteiger partial charge >= 0.3 is 11.9 Å². The summed E-state index contributed by atoms with van der Waals surface area (Å²) in [5.41, 5.74) is 0. The molecule has 100 valence electrons. The van der Waals surface area contributed by atoms with Crippen molar-refractivity contribution in [1.29, 1.82) is 0 Å². The Morgan fingerprint density at radius 2 is 1.65 bits per heavy atom. The van der Waals surface area contributed by atoms with Crippen LogP contribution in [0.2, 0.25) is 0 Å². The third-order valence-corrected chi connectivity index (χ3v) is 1.85. The molecule has 0 spiro atoms. The average Bonchev–Trinajstić information content (AvgIpc) is 1.95. The summed E-state index contributed by atoms with van der Waals surface area (Å²) in [6.45, 7) is 5.50. The van der Waals surface area contributed by atoms with Crippen molar-refractivity contribution in [2.45, 2.75) is 39.4 Å². The zero-order valence-electron chi connectivity index (χ0n) is 11.6. The highest BCUT2D eigenvalue weighted by atomic mass is 16.6. The maximum atomic E-state index is 11.5. The van der Waals surface area contributed by atoms with Crippen molar-refractivity contribution in [2.24, 2.45) is 0 Å². The molecule has 17 heavy (non-hydrogen) atoms. The number of hydrogen-bond acceptors (Lipinski definition) is 4. The molecule has 0 aliphatic heterocycles. The first kappa shape index (κ1) is 15.9. The fourth-order valence-corrected chi connectivity index (χ4v) is 1.49. The Kier molecular flexibility index (Phi) is 6.16. The van der Waals surface area contributed by atoms with Gasteiger partial charge < -0.3 is 14.0 Å². The molecule has 0 radical (unpaired) electrons.